The molecule has 1 heterocycles. The number of halogens is 1. The fraction of sp³-hybridized carbons (Fsp3) is 0.300. The van der Waals surface area contributed by atoms with Gasteiger partial charge in [0.05, 0.1) is 11.6 Å². The van der Waals surface area contributed by atoms with Gasteiger partial charge < -0.3 is 15.3 Å². The van der Waals surface area contributed by atoms with E-state index in [-0.39, 0.29) is 29.4 Å². The molecule has 136 valence electrons. The summed E-state index contributed by atoms with van der Waals surface area (Å²) in [5.74, 6) is -1.33. The summed E-state index contributed by atoms with van der Waals surface area (Å²) in [4.78, 5) is 25.1. The summed E-state index contributed by atoms with van der Waals surface area (Å²) in [5.41, 5.74) is 2.40. The first-order valence-corrected chi connectivity index (χ1v) is 8.62. The molecule has 2 aromatic rings. The van der Waals surface area contributed by atoms with Crippen LogP contribution in [0.15, 0.2) is 42.5 Å². The lowest BCUT2D eigenvalue weighted by atomic mass is 9.91. The van der Waals surface area contributed by atoms with Gasteiger partial charge in [0, 0.05) is 29.4 Å². The molecule has 1 aliphatic heterocycles. The summed E-state index contributed by atoms with van der Waals surface area (Å²) in [6.07, 6.45) is 1.01. The topological polar surface area (TPSA) is 69.6 Å². The third-order valence-corrected chi connectivity index (χ3v) is 4.69. The highest BCUT2D eigenvalue weighted by Gasteiger charge is 2.33. The number of amides is 1. The molecule has 2 atom stereocenters. The van der Waals surface area contributed by atoms with Crippen LogP contribution in [0.1, 0.15) is 48.7 Å². The summed E-state index contributed by atoms with van der Waals surface area (Å²) in [7, 11) is 0. The molecule has 5 nitrogen and oxygen atoms in total. The smallest absolute Gasteiger partial charge is 0.335 e. The number of carbonyl (C=O) groups is 2. The molecule has 0 radical (unpaired) electrons. The van der Waals surface area contributed by atoms with E-state index in [0.29, 0.717) is 12.8 Å². The molecule has 0 spiro atoms. The number of nitrogens with zero attached hydrogens (tertiary/aromatic N) is 1. The van der Waals surface area contributed by atoms with E-state index in [9.17, 15) is 14.0 Å². The van der Waals surface area contributed by atoms with E-state index in [1.165, 1.54) is 24.3 Å². The fourth-order valence-corrected chi connectivity index (χ4v) is 3.43. The number of anilines is 2. The molecule has 0 saturated heterocycles. The number of carbonyl (C=O) groups excluding carboxylic acids is 1. The molecule has 1 aliphatic rings. The van der Waals surface area contributed by atoms with Gasteiger partial charge in [-0.25, -0.2) is 9.18 Å². The molecule has 0 aromatic heterocycles. The average molecular weight is 356 g/mol. The van der Waals surface area contributed by atoms with Crippen LogP contribution in [0.25, 0.3) is 0 Å². The summed E-state index contributed by atoms with van der Waals surface area (Å²) < 4.78 is 13.9. The first-order chi connectivity index (χ1) is 12.4. The maximum atomic E-state index is 13.9. The van der Waals surface area contributed by atoms with Crippen LogP contribution in [-0.4, -0.2) is 23.0 Å². The van der Waals surface area contributed by atoms with Gasteiger partial charge in [0.15, 0.2) is 0 Å². The standard InChI is InChI=1S/C20H21FN2O3/c1-3-19(24)23-12(2)10-17(16-11-14(21)6-9-18(16)23)22-15-7-4-13(5-8-15)20(25)26/h4-9,11-12,17,22H,3,10H2,1-2H3,(H,25,26)/t12-,17+/m0/s1. The van der Waals surface area contributed by atoms with Gasteiger partial charge in [0.2, 0.25) is 5.91 Å². The number of carboxylic acids is 1. The van der Waals surface area contributed by atoms with E-state index < -0.39 is 5.97 Å². The normalized spacial score (nSPS) is 19.0. The van der Waals surface area contributed by atoms with Crippen molar-refractivity contribution in [3.05, 3.63) is 59.4 Å². The Kier molecular flexibility index (Phi) is 4.93. The van der Waals surface area contributed by atoms with E-state index in [1.807, 2.05) is 13.8 Å². The Labute approximate surface area is 151 Å². The quantitative estimate of drug-likeness (QED) is 0.861. The number of nitrogens with one attached hydrogen (secondary N) is 1. The van der Waals surface area contributed by atoms with Gasteiger partial charge in [-0.2, -0.15) is 0 Å². The summed E-state index contributed by atoms with van der Waals surface area (Å²) in [6.45, 7) is 3.79. The zero-order chi connectivity index (χ0) is 18.8. The first-order valence-electron chi connectivity index (χ1n) is 8.62. The van der Waals surface area contributed by atoms with Crippen molar-refractivity contribution >= 4 is 23.3 Å². The van der Waals surface area contributed by atoms with Gasteiger partial charge in [-0.1, -0.05) is 6.92 Å². The van der Waals surface area contributed by atoms with Crippen molar-refractivity contribution in [3.8, 4) is 0 Å². The Balaban J connectivity index is 1.94. The second-order valence-corrected chi connectivity index (χ2v) is 6.48. The summed E-state index contributed by atoms with van der Waals surface area (Å²) in [6, 6.07) is 10.7. The molecular formula is C20H21FN2O3. The first kappa shape index (κ1) is 17.9. The minimum absolute atomic E-state index is 0.00891. The summed E-state index contributed by atoms with van der Waals surface area (Å²) >= 11 is 0. The highest BCUT2D eigenvalue weighted by molar-refractivity contribution is 5.95. The van der Waals surface area contributed by atoms with Gasteiger partial charge in [0.25, 0.3) is 0 Å². The SMILES string of the molecule is CCC(=O)N1c2ccc(F)cc2[C@H](Nc2ccc(C(=O)O)cc2)C[C@@H]1C. The number of fused-ring (bicyclic) bond motifs is 1. The molecule has 6 heteroatoms. The van der Waals surface area contributed by atoms with Crippen LogP contribution in [-0.2, 0) is 4.79 Å². The van der Waals surface area contributed by atoms with E-state index in [1.54, 1.807) is 23.1 Å². The van der Waals surface area contributed by atoms with Crippen LogP contribution in [0.2, 0.25) is 0 Å². The van der Waals surface area contributed by atoms with Crippen LogP contribution in [0.5, 0.6) is 0 Å². The van der Waals surface area contributed by atoms with E-state index in [0.717, 1.165) is 16.9 Å². The molecule has 2 aromatic carbocycles. The Bertz CT molecular complexity index is 835. The van der Waals surface area contributed by atoms with Gasteiger partial charge >= 0.3 is 5.97 Å². The van der Waals surface area contributed by atoms with Gasteiger partial charge in [-0.15, -0.1) is 0 Å². The van der Waals surface area contributed by atoms with Crippen molar-refractivity contribution < 1.29 is 19.1 Å². The lowest BCUT2D eigenvalue weighted by molar-refractivity contribution is -0.118. The Morgan fingerprint density at radius 3 is 2.54 bits per heavy atom. The van der Waals surface area contributed by atoms with Crippen LogP contribution in [0.4, 0.5) is 15.8 Å². The van der Waals surface area contributed by atoms with E-state index in [2.05, 4.69) is 5.32 Å². The molecule has 3 rings (SSSR count). The number of rotatable bonds is 4. The maximum Gasteiger partial charge on any atom is 0.335 e. The molecular weight excluding hydrogens is 335 g/mol. The minimum Gasteiger partial charge on any atom is -0.478 e. The second-order valence-electron chi connectivity index (χ2n) is 6.48. The molecule has 0 saturated carbocycles. The molecule has 0 bridgehead atoms. The monoisotopic (exact) mass is 356 g/mol. The minimum atomic E-state index is -0.982. The van der Waals surface area contributed by atoms with Gasteiger partial charge in [-0.3, -0.25) is 4.79 Å². The van der Waals surface area contributed by atoms with Crippen LogP contribution >= 0.6 is 0 Å². The Hall–Kier alpha value is -2.89. The Morgan fingerprint density at radius 2 is 1.92 bits per heavy atom. The van der Waals surface area contributed by atoms with Gasteiger partial charge in [-0.05, 0) is 55.8 Å². The van der Waals surface area contributed by atoms with Crippen molar-refractivity contribution in [1.82, 2.24) is 0 Å². The van der Waals surface area contributed by atoms with Crippen LogP contribution < -0.4 is 10.2 Å². The number of carboxylic acid groups (broad SMARTS) is 1. The fourth-order valence-electron chi connectivity index (χ4n) is 3.43. The zero-order valence-corrected chi connectivity index (χ0v) is 14.7. The van der Waals surface area contributed by atoms with Crippen LogP contribution in [0, 0.1) is 5.82 Å². The number of aromatic carboxylic acids is 1. The number of benzene rings is 2. The van der Waals surface area contributed by atoms with E-state index in [4.69, 9.17) is 5.11 Å². The molecule has 0 aliphatic carbocycles. The number of hydrogen-bond donors (Lipinski definition) is 2. The van der Waals surface area contributed by atoms with Crippen molar-refractivity contribution in [1.29, 1.82) is 0 Å². The molecule has 2 N–H and O–H groups in total. The molecule has 0 unspecified atom stereocenters. The zero-order valence-electron chi connectivity index (χ0n) is 14.7. The predicted molar refractivity (Wildman–Crippen MR) is 98.0 cm³/mol. The highest BCUT2D eigenvalue weighted by atomic mass is 19.1. The number of hydrogen-bond acceptors (Lipinski definition) is 3. The van der Waals surface area contributed by atoms with Crippen molar-refractivity contribution in [3.63, 3.8) is 0 Å². The van der Waals surface area contributed by atoms with Gasteiger partial charge in [0.1, 0.15) is 5.82 Å². The molecule has 1 amide bonds. The lowest BCUT2D eigenvalue weighted by Crippen LogP contribution is -2.44. The molecule has 26 heavy (non-hydrogen) atoms. The lowest BCUT2D eigenvalue weighted by Gasteiger charge is -2.40. The van der Waals surface area contributed by atoms with E-state index >= 15 is 0 Å². The molecule has 0 fully saturated rings. The second kappa shape index (κ2) is 7.15. The largest absolute Gasteiger partial charge is 0.478 e. The van der Waals surface area contributed by atoms with Crippen molar-refractivity contribution in [2.45, 2.75) is 38.8 Å². The Morgan fingerprint density at radius 1 is 1.23 bits per heavy atom. The third kappa shape index (κ3) is 3.40. The highest BCUT2D eigenvalue weighted by Crippen LogP contribution is 2.39. The van der Waals surface area contributed by atoms with Crippen molar-refractivity contribution in [2.75, 3.05) is 10.2 Å². The van der Waals surface area contributed by atoms with Crippen LogP contribution in [0.3, 0.4) is 0 Å². The average Bonchev–Trinajstić information content (AvgIpc) is 2.62. The third-order valence-electron chi connectivity index (χ3n) is 4.69. The van der Waals surface area contributed by atoms with Crippen molar-refractivity contribution in [2.24, 2.45) is 0 Å². The summed E-state index contributed by atoms with van der Waals surface area (Å²) in [5, 5.41) is 12.3. The predicted octanol–water partition coefficient (Wildman–Crippen LogP) is 4.21. The maximum absolute atomic E-state index is 13.9.